The van der Waals surface area contributed by atoms with Gasteiger partial charge < -0.3 is 19.5 Å². The van der Waals surface area contributed by atoms with Crippen LogP contribution in [0.25, 0.3) is 0 Å². The van der Waals surface area contributed by atoms with Crippen LogP contribution >= 0.6 is 0 Å². The molecule has 0 radical (unpaired) electrons. The van der Waals surface area contributed by atoms with E-state index in [0.717, 1.165) is 5.56 Å². The van der Waals surface area contributed by atoms with E-state index in [1.54, 1.807) is 6.92 Å². The van der Waals surface area contributed by atoms with Crippen molar-refractivity contribution in [3.63, 3.8) is 0 Å². The largest absolute Gasteiger partial charge is 0.450 e. The molecule has 5 nitrogen and oxygen atoms in total. The van der Waals surface area contributed by atoms with Gasteiger partial charge in [0.2, 0.25) is 5.79 Å². The smallest absolute Gasteiger partial charge is 0.407 e. The molecule has 0 bridgehead atoms. The lowest BCUT2D eigenvalue weighted by Crippen LogP contribution is -2.49. The highest BCUT2D eigenvalue weighted by Crippen LogP contribution is 2.34. The van der Waals surface area contributed by atoms with Crippen molar-refractivity contribution in [3.8, 4) is 0 Å². The number of hydrogen-bond acceptors (Lipinski definition) is 4. The maximum Gasteiger partial charge on any atom is 0.407 e. The summed E-state index contributed by atoms with van der Waals surface area (Å²) in [5, 5.41) is 2.75. The number of benzene rings is 1. The molecule has 1 aromatic rings. The summed E-state index contributed by atoms with van der Waals surface area (Å²) in [5.74, 6) is -0.936. The Kier molecular flexibility index (Phi) is 4.39. The van der Waals surface area contributed by atoms with Crippen LogP contribution in [-0.2, 0) is 20.0 Å². The van der Waals surface area contributed by atoms with Crippen LogP contribution in [0.5, 0.6) is 0 Å². The quantitative estimate of drug-likeness (QED) is 0.905. The van der Waals surface area contributed by atoms with E-state index in [-0.39, 0.29) is 6.04 Å². The third-order valence-electron chi connectivity index (χ3n) is 3.07. The maximum atomic E-state index is 11.5. The van der Waals surface area contributed by atoms with Gasteiger partial charge in [-0.05, 0) is 13.8 Å². The lowest BCUT2D eigenvalue weighted by molar-refractivity contribution is -0.183. The van der Waals surface area contributed by atoms with Gasteiger partial charge in [0.15, 0.2) is 0 Å². The van der Waals surface area contributed by atoms with Crippen LogP contribution in [0.15, 0.2) is 30.3 Å². The second-order valence-electron chi connectivity index (χ2n) is 4.32. The van der Waals surface area contributed by atoms with Gasteiger partial charge in [0.05, 0.1) is 25.9 Å². The summed E-state index contributed by atoms with van der Waals surface area (Å²) in [4.78, 5) is 11.5. The van der Waals surface area contributed by atoms with Gasteiger partial charge in [-0.1, -0.05) is 30.3 Å². The van der Waals surface area contributed by atoms with Gasteiger partial charge in [-0.3, -0.25) is 0 Å². The molecule has 1 fully saturated rings. The summed E-state index contributed by atoms with van der Waals surface area (Å²) in [7, 11) is 0. The predicted octanol–water partition coefficient (Wildman–Crippen LogP) is 2.02. The van der Waals surface area contributed by atoms with Gasteiger partial charge in [-0.2, -0.15) is 0 Å². The second-order valence-corrected chi connectivity index (χ2v) is 4.32. The van der Waals surface area contributed by atoms with Gasteiger partial charge >= 0.3 is 6.09 Å². The Bertz CT molecular complexity index is 415. The average Bonchev–Trinajstić information content (AvgIpc) is 2.90. The zero-order chi connectivity index (χ0) is 13.7. The van der Waals surface area contributed by atoms with E-state index in [1.807, 2.05) is 37.3 Å². The van der Waals surface area contributed by atoms with Gasteiger partial charge in [-0.25, -0.2) is 4.79 Å². The first-order valence-corrected chi connectivity index (χ1v) is 6.46. The Morgan fingerprint density at radius 1 is 1.37 bits per heavy atom. The van der Waals surface area contributed by atoms with Crippen molar-refractivity contribution in [2.24, 2.45) is 0 Å². The van der Waals surface area contributed by atoms with Crippen molar-refractivity contribution in [1.29, 1.82) is 0 Å². The molecule has 0 spiro atoms. The molecule has 5 heteroatoms. The van der Waals surface area contributed by atoms with Crippen molar-refractivity contribution < 1.29 is 19.0 Å². The highest BCUT2D eigenvalue weighted by atomic mass is 16.7. The molecule has 1 N–H and O–H groups in total. The molecule has 1 heterocycles. The Balaban J connectivity index is 2.18. The van der Waals surface area contributed by atoms with Crippen molar-refractivity contribution >= 4 is 6.09 Å². The molecule has 0 aliphatic carbocycles. The fourth-order valence-electron chi connectivity index (χ4n) is 2.21. The molecular weight excluding hydrogens is 246 g/mol. The van der Waals surface area contributed by atoms with Crippen LogP contribution in [-0.4, -0.2) is 32.0 Å². The minimum Gasteiger partial charge on any atom is -0.450 e. The minimum atomic E-state index is -0.936. The molecule has 1 unspecified atom stereocenters. The van der Waals surface area contributed by atoms with Crippen LogP contribution in [0.1, 0.15) is 19.4 Å². The second kappa shape index (κ2) is 6.04. The topological polar surface area (TPSA) is 56.8 Å². The van der Waals surface area contributed by atoms with Gasteiger partial charge in [0.1, 0.15) is 0 Å². The van der Waals surface area contributed by atoms with Crippen LogP contribution in [0.4, 0.5) is 4.79 Å². The number of amides is 1. The first kappa shape index (κ1) is 13.8. The summed E-state index contributed by atoms with van der Waals surface area (Å²) in [5.41, 5.74) is 0.886. The molecule has 1 saturated heterocycles. The predicted molar refractivity (Wildman–Crippen MR) is 69.6 cm³/mol. The number of carbonyl (C=O) groups is 1. The Morgan fingerprint density at radius 3 is 2.58 bits per heavy atom. The van der Waals surface area contributed by atoms with E-state index < -0.39 is 11.9 Å². The van der Waals surface area contributed by atoms with E-state index in [1.165, 1.54) is 0 Å². The highest BCUT2D eigenvalue weighted by Gasteiger charge is 2.44. The van der Waals surface area contributed by atoms with Crippen LogP contribution < -0.4 is 5.32 Å². The number of rotatable bonds is 4. The third-order valence-corrected chi connectivity index (χ3v) is 3.07. The van der Waals surface area contributed by atoms with Gasteiger partial charge in [0.25, 0.3) is 0 Å². The molecule has 0 aromatic heterocycles. The minimum absolute atomic E-state index is 0.332. The first-order chi connectivity index (χ1) is 9.19. The third kappa shape index (κ3) is 2.88. The van der Waals surface area contributed by atoms with Crippen molar-refractivity contribution in [2.45, 2.75) is 25.7 Å². The zero-order valence-corrected chi connectivity index (χ0v) is 11.2. The Labute approximate surface area is 112 Å². The van der Waals surface area contributed by atoms with Gasteiger partial charge in [0, 0.05) is 5.56 Å². The fourth-order valence-corrected chi connectivity index (χ4v) is 2.21. The molecule has 2 rings (SSSR count). The van der Waals surface area contributed by atoms with Gasteiger partial charge in [-0.15, -0.1) is 0 Å². The summed E-state index contributed by atoms with van der Waals surface area (Å²) in [6, 6.07) is 9.26. The molecule has 1 atom stereocenters. The van der Waals surface area contributed by atoms with E-state index in [9.17, 15) is 4.79 Å². The van der Waals surface area contributed by atoms with E-state index in [4.69, 9.17) is 14.2 Å². The Hall–Kier alpha value is -1.59. The molecule has 19 heavy (non-hydrogen) atoms. The average molecular weight is 265 g/mol. The molecule has 1 aliphatic rings. The monoisotopic (exact) mass is 265 g/mol. The van der Waals surface area contributed by atoms with Crippen LogP contribution in [0.2, 0.25) is 0 Å². The van der Waals surface area contributed by atoms with E-state index in [0.29, 0.717) is 19.8 Å². The maximum absolute atomic E-state index is 11.5. The highest BCUT2D eigenvalue weighted by molar-refractivity contribution is 5.67. The molecule has 1 aliphatic heterocycles. The van der Waals surface area contributed by atoms with Crippen LogP contribution in [0.3, 0.4) is 0 Å². The first-order valence-electron chi connectivity index (χ1n) is 6.46. The molecule has 1 aromatic carbocycles. The van der Waals surface area contributed by atoms with E-state index in [2.05, 4.69) is 5.32 Å². The SMILES string of the molecule is CCOC(=O)NC(C)C1(c2ccccc2)OCCO1. The zero-order valence-electron chi connectivity index (χ0n) is 11.2. The molecule has 0 saturated carbocycles. The number of carbonyl (C=O) groups excluding carboxylic acids is 1. The Morgan fingerprint density at radius 2 is 2.00 bits per heavy atom. The number of ether oxygens (including phenoxy) is 3. The standard InChI is InChI=1S/C14H19NO4/c1-3-17-13(16)15-11(2)14(18-9-10-19-14)12-7-5-4-6-8-12/h4-8,11H,3,9-10H2,1-2H3,(H,15,16). The molecule has 104 valence electrons. The van der Waals surface area contributed by atoms with Crippen molar-refractivity contribution in [3.05, 3.63) is 35.9 Å². The summed E-state index contributed by atoms with van der Waals surface area (Å²) in [6.07, 6.45) is -0.468. The fraction of sp³-hybridized carbons (Fsp3) is 0.500. The number of alkyl carbamates (subject to hydrolysis) is 1. The van der Waals surface area contributed by atoms with Crippen molar-refractivity contribution in [1.82, 2.24) is 5.32 Å². The van der Waals surface area contributed by atoms with E-state index >= 15 is 0 Å². The summed E-state index contributed by atoms with van der Waals surface area (Å²) < 4.78 is 16.4. The number of nitrogens with one attached hydrogen (secondary N) is 1. The van der Waals surface area contributed by atoms with Crippen molar-refractivity contribution in [2.75, 3.05) is 19.8 Å². The molecular formula is C14H19NO4. The summed E-state index contributed by atoms with van der Waals surface area (Å²) in [6.45, 7) is 4.95. The summed E-state index contributed by atoms with van der Waals surface area (Å²) >= 11 is 0. The molecule has 1 amide bonds. The normalized spacial score (nSPS) is 18.8. The van der Waals surface area contributed by atoms with Crippen LogP contribution in [0, 0.1) is 0 Å². The number of hydrogen-bond donors (Lipinski definition) is 1. The lowest BCUT2D eigenvalue weighted by atomic mass is 9.99. The lowest BCUT2D eigenvalue weighted by Gasteiger charge is -2.33.